The molecule has 5 fully saturated rings. The summed E-state index contributed by atoms with van der Waals surface area (Å²) in [7, 11) is 0. The second kappa shape index (κ2) is 9.59. The molecule has 7 aliphatic rings. The largest absolute Gasteiger partial charge is 0.485 e. The van der Waals surface area contributed by atoms with Gasteiger partial charge in [-0.2, -0.15) is 0 Å². The second-order valence-electron chi connectivity index (χ2n) is 17.2. The van der Waals surface area contributed by atoms with E-state index in [9.17, 15) is 14.7 Å². The van der Waals surface area contributed by atoms with Crippen LogP contribution in [0.3, 0.4) is 0 Å². The number of likely N-dealkylation sites (tertiary alicyclic amines) is 1. The summed E-state index contributed by atoms with van der Waals surface area (Å²) in [5, 5.41) is 15.3. The fourth-order valence-electron chi connectivity index (χ4n) is 11.2. The van der Waals surface area contributed by atoms with Crippen LogP contribution in [0.15, 0.2) is 30.3 Å². The molecule has 7 nitrogen and oxygen atoms in total. The van der Waals surface area contributed by atoms with Crippen LogP contribution in [0.5, 0.6) is 11.5 Å². The first kappa shape index (κ1) is 30.4. The number of anilines is 1. The number of amides is 1. The Morgan fingerprint density at radius 3 is 2.54 bits per heavy atom. The Kier molecular flexibility index (Phi) is 6.35. The minimum Gasteiger partial charge on any atom is -0.485 e. The Labute approximate surface area is 273 Å². The van der Waals surface area contributed by atoms with Gasteiger partial charge in [0.2, 0.25) is 0 Å². The fourth-order valence-corrected chi connectivity index (χ4v) is 11.2. The van der Waals surface area contributed by atoms with Crippen molar-refractivity contribution in [1.82, 2.24) is 4.90 Å². The lowest BCUT2D eigenvalue weighted by molar-refractivity contribution is -0.276. The standard InChI is InChI=1S/C39H50N2O5/c1-22-18-26(11-12-27(22)23(2)42)40-34(43)45-28-13-10-25-19-30-38-15-14-36(6,29(20-38)37(7,44)35(3,4)5)33-39(38,31(25)32(28)46-33)16-17-41(30)21-24-8-9-24/h10-13,18,24,29-30,33,44H,8-9,14-17,19-21H2,1-7H3,(H,40,43)/t29-,30+,33-,36+,37?,38+,39-/m0/s1. The molecule has 7 atom stereocenters. The van der Waals surface area contributed by atoms with E-state index in [2.05, 4.69) is 50.9 Å². The number of carbonyl (C=O) groups excluding carboxylic acids is 2. The minimum atomic E-state index is -0.875. The summed E-state index contributed by atoms with van der Waals surface area (Å²) < 4.78 is 13.3. The number of ketones is 1. The topological polar surface area (TPSA) is 88.1 Å². The average Bonchev–Trinajstić information content (AvgIpc) is 3.71. The van der Waals surface area contributed by atoms with E-state index in [1.54, 1.807) is 25.1 Å². The van der Waals surface area contributed by atoms with Crippen LogP contribution in [0.2, 0.25) is 0 Å². The first-order valence-corrected chi connectivity index (χ1v) is 17.5. The molecule has 1 unspecified atom stereocenters. The lowest BCUT2D eigenvalue weighted by Gasteiger charge is -2.75. The van der Waals surface area contributed by atoms with E-state index in [4.69, 9.17) is 9.47 Å². The number of rotatable bonds is 6. The summed E-state index contributed by atoms with van der Waals surface area (Å²) in [6.07, 6.45) is 7.21. The van der Waals surface area contributed by atoms with Gasteiger partial charge in [0, 0.05) is 45.6 Å². The number of fused-ring (bicyclic) bond motifs is 2. The first-order chi connectivity index (χ1) is 21.6. The third kappa shape index (κ3) is 3.90. The number of aliphatic hydroxyl groups is 1. The number of nitrogens with one attached hydrogen (secondary N) is 1. The van der Waals surface area contributed by atoms with Gasteiger partial charge < -0.3 is 14.6 Å². The van der Waals surface area contributed by atoms with Gasteiger partial charge in [0.25, 0.3) is 0 Å². The minimum absolute atomic E-state index is 0.00239. The monoisotopic (exact) mass is 626 g/mol. The van der Waals surface area contributed by atoms with Crippen LogP contribution in [0, 0.1) is 35.0 Å². The molecule has 5 aliphatic carbocycles. The Hall–Kier alpha value is -2.90. The maximum atomic E-state index is 13.4. The molecule has 246 valence electrons. The van der Waals surface area contributed by atoms with E-state index >= 15 is 0 Å². The number of hydrogen-bond acceptors (Lipinski definition) is 6. The van der Waals surface area contributed by atoms with Gasteiger partial charge in [0.1, 0.15) is 6.10 Å². The summed E-state index contributed by atoms with van der Waals surface area (Å²) in [6, 6.07) is 9.81. The molecule has 4 bridgehead atoms. The van der Waals surface area contributed by atoms with Crippen LogP contribution in [-0.4, -0.2) is 52.7 Å². The number of hydrogen-bond donors (Lipinski definition) is 2. The number of aryl methyl sites for hydroxylation is 1. The highest BCUT2D eigenvalue weighted by Gasteiger charge is 2.80. The van der Waals surface area contributed by atoms with Gasteiger partial charge in [0.05, 0.1) is 5.60 Å². The predicted octanol–water partition coefficient (Wildman–Crippen LogP) is 7.45. The number of carbonyl (C=O) groups is 2. The summed E-state index contributed by atoms with van der Waals surface area (Å²) >= 11 is 0. The molecular weight excluding hydrogens is 576 g/mol. The molecule has 9 rings (SSSR count). The van der Waals surface area contributed by atoms with Gasteiger partial charge in [-0.1, -0.05) is 33.8 Å². The van der Waals surface area contributed by atoms with Crippen molar-refractivity contribution in [3.05, 3.63) is 52.6 Å². The number of piperidine rings is 1. The highest BCUT2D eigenvalue weighted by Crippen LogP contribution is 2.79. The second-order valence-corrected chi connectivity index (χ2v) is 17.2. The van der Waals surface area contributed by atoms with E-state index in [-0.39, 0.29) is 39.5 Å². The molecule has 1 saturated heterocycles. The lowest BCUT2D eigenvalue weighted by atomic mass is 9.31. The summed E-state index contributed by atoms with van der Waals surface area (Å²) in [6.45, 7) is 16.6. The third-order valence-electron chi connectivity index (χ3n) is 14.0. The van der Waals surface area contributed by atoms with Gasteiger partial charge in [-0.3, -0.25) is 15.0 Å². The van der Waals surface area contributed by atoms with Crippen molar-refractivity contribution in [2.75, 3.05) is 18.4 Å². The van der Waals surface area contributed by atoms with Crippen LogP contribution in [0.1, 0.15) is 107 Å². The molecule has 0 aromatic heterocycles. The number of benzene rings is 2. The van der Waals surface area contributed by atoms with Crippen LogP contribution >= 0.6 is 0 Å². The van der Waals surface area contributed by atoms with Crippen molar-refractivity contribution in [3.63, 3.8) is 0 Å². The zero-order chi connectivity index (χ0) is 32.6. The van der Waals surface area contributed by atoms with E-state index in [0.29, 0.717) is 23.0 Å². The maximum absolute atomic E-state index is 13.4. The Bertz CT molecular complexity index is 1650. The zero-order valence-corrected chi connectivity index (χ0v) is 28.6. The van der Waals surface area contributed by atoms with Crippen molar-refractivity contribution in [2.45, 2.75) is 117 Å². The van der Waals surface area contributed by atoms with Crippen molar-refractivity contribution in [3.8, 4) is 11.5 Å². The highest BCUT2D eigenvalue weighted by atomic mass is 16.6. The lowest BCUT2D eigenvalue weighted by Crippen LogP contribution is -2.80. The molecular formula is C39H50N2O5. The Morgan fingerprint density at radius 2 is 1.87 bits per heavy atom. The first-order valence-electron chi connectivity index (χ1n) is 17.5. The van der Waals surface area contributed by atoms with Crippen molar-refractivity contribution >= 4 is 17.6 Å². The van der Waals surface area contributed by atoms with Crippen molar-refractivity contribution in [2.24, 2.45) is 28.1 Å². The molecule has 2 spiro atoms. The number of nitrogens with zero attached hydrogens (tertiary/aromatic N) is 1. The summed E-state index contributed by atoms with van der Waals surface area (Å²) in [4.78, 5) is 28.1. The molecule has 2 heterocycles. The van der Waals surface area contributed by atoms with E-state index in [0.717, 1.165) is 55.9 Å². The molecule has 2 aromatic rings. The molecule has 2 N–H and O–H groups in total. The van der Waals surface area contributed by atoms with Gasteiger partial charge in [-0.05, 0) is 125 Å². The third-order valence-corrected chi connectivity index (χ3v) is 14.0. The molecule has 2 aromatic carbocycles. The number of Topliss-reactive ketones (excluding diaryl/α,β-unsaturated/α-hetero) is 1. The van der Waals surface area contributed by atoms with Crippen LogP contribution in [0.25, 0.3) is 0 Å². The van der Waals surface area contributed by atoms with E-state index in [1.165, 1.54) is 30.5 Å². The van der Waals surface area contributed by atoms with Gasteiger partial charge >= 0.3 is 6.09 Å². The predicted molar refractivity (Wildman–Crippen MR) is 178 cm³/mol. The van der Waals surface area contributed by atoms with Crippen LogP contribution in [0.4, 0.5) is 10.5 Å². The SMILES string of the molecule is CC(=O)c1ccc(NC(=O)Oc2ccc3c4c2O[C@H]2[C@]5(C)CC[C@@]6(C[C@@H]5C(C)(O)C(C)(C)C)[C@@H](C3)N(CC3CC3)CC[C@]426)cc1C. The van der Waals surface area contributed by atoms with Gasteiger partial charge in [-0.15, -0.1) is 0 Å². The molecule has 4 saturated carbocycles. The Balaban J connectivity index is 1.20. The van der Waals surface area contributed by atoms with Gasteiger partial charge in [-0.25, -0.2) is 4.79 Å². The molecule has 0 radical (unpaired) electrons. The van der Waals surface area contributed by atoms with Crippen molar-refractivity contribution in [1.29, 1.82) is 0 Å². The highest BCUT2D eigenvalue weighted by molar-refractivity contribution is 5.96. The molecule has 7 heteroatoms. The fraction of sp³-hybridized carbons (Fsp3) is 0.641. The quantitative estimate of drug-likeness (QED) is 0.324. The van der Waals surface area contributed by atoms with Crippen molar-refractivity contribution < 1.29 is 24.2 Å². The Morgan fingerprint density at radius 1 is 1.11 bits per heavy atom. The summed E-state index contributed by atoms with van der Waals surface area (Å²) in [5.74, 6) is 2.10. The summed E-state index contributed by atoms with van der Waals surface area (Å²) in [5.41, 5.74) is 3.09. The molecule has 1 amide bonds. The number of ether oxygens (including phenoxy) is 2. The smallest absolute Gasteiger partial charge is 0.417 e. The average molecular weight is 627 g/mol. The van der Waals surface area contributed by atoms with Crippen LogP contribution < -0.4 is 14.8 Å². The normalized spacial score (nSPS) is 35.2. The molecule has 2 aliphatic heterocycles. The van der Waals surface area contributed by atoms with Gasteiger partial charge in [0.15, 0.2) is 17.3 Å². The van der Waals surface area contributed by atoms with E-state index < -0.39 is 11.7 Å². The van der Waals surface area contributed by atoms with E-state index in [1.807, 2.05) is 13.0 Å². The molecule has 46 heavy (non-hydrogen) atoms. The maximum Gasteiger partial charge on any atom is 0.417 e. The zero-order valence-electron chi connectivity index (χ0n) is 28.6. The van der Waals surface area contributed by atoms with Crippen LogP contribution in [-0.2, 0) is 11.8 Å².